The molecule has 0 bridgehead atoms. The first kappa shape index (κ1) is 29.2. The summed E-state index contributed by atoms with van der Waals surface area (Å²) in [4.78, 5) is 10.1. The monoisotopic (exact) mass is 563 g/mol. The van der Waals surface area contributed by atoms with Crippen molar-refractivity contribution in [1.82, 2.24) is 5.32 Å². The predicted molar refractivity (Wildman–Crippen MR) is 143 cm³/mol. The van der Waals surface area contributed by atoms with Crippen LogP contribution in [0.15, 0.2) is 96.4 Å². The van der Waals surface area contributed by atoms with E-state index >= 15 is 0 Å². The van der Waals surface area contributed by atoms with Gasteiger partial charge < -0.3 is 20.3 Å². The molecule has 4 aromatic rings. The summed E-state index contributed by atoms with van der Waals surface area (Å²) in [5.74, 6) is -2.02. The summed E-state index contributed by atoms with van der Waals surface area (Å²) in [5, 5.41) is 23.8. The number of nitrogens with one attached hydrogen (secondary N) is 1. The molecule has 0 aliphatic carbocycles. The highest BCUT2D eigenvalue weighted by atomic mass is 35.5. The molecule has 0 spiro atoms. The Bertz CT molecular complexity index is 1250. The van der Waals surface area contributed by atoms with Crippen LogP contribution in [0.25, 0.3) is 11.1 Å². The summed E-state index contributed by atoms with van der Waals surface area (Å²) in [7, 11) is 0. The zero-order valence-electron chi connectivity index (χ0n) is 19.9. The Morgan fingerprint density at radius 2 is 1.53 bits per heavy atom. The second-order valence-electron chi connectivity index (χ2n) is 8.07. The zero-order chi connectivity index (χ0) is 27.5. The van der Waals surface area contributed by atoms with Gasteiger partial charge in [-0.15, -0.1) is 11.3 Å². The molecule has 38 heavy (non-hydrogen) atoms. The van der Waals surface area contributed by atoms with Crippen LogP contribution < -0.4 is 10.1 Å². The first-order valence-electron chi connectivity index (χ1n) is 11.4. The fourth-order valence-corrected chi connectivity index (χ4v) is 4.33. The standard InChI is InChI=1S/C26H24ClNO2S.C2HF3O2/c27-22-12-8-21(9-13-22)26(25-7-4-16-31-25)28-17-23(29)18-30-24-14-10-20(11-15-24)19-5-2-1-3-6-19;3-2(4,5)1(6)7/h1-16,23,26,28-29H,17-18H2;(H,6,7). The molecule has 0 aliphatic rings. The van der Waals surface area contributed by atoms with Gasteiger partial charge in [0, 0.05) is 16.4 Å². The Balaban J connectivity index is 0.000000505. The molecule has 200 valence electrons. The second-order valence-corrected chi connectivity index (χ2v) is 9.48. The van der Waals surface area contributed by atoms with Crippen LogP contribution in [-0.4, -0.2) is 41.6 Å². The molecule has 0 fully saturated rings. The summed E-state index contributed by atoms with van der Waals surface area (Å²) < 4.78 is 37.5. The number of alkyl halides is 3. The molecule has 4 rings (SSSR count). The Kier molecular flexibility index (Phi) is 10.7. The van der Waals surface area contributed by atoms with E-state index in [2.05, 4.69) is 28.9 Å². The highest BCUT2D eigenvalue weighted by Crippen LogP contribution is 2.27. The van der Waals surface area contributed by atoms with Crippen LogP contribution in [0, 0.1) is 0 Å². The molecule has 1 heterocycles. The van der Waals surface area contributed by atoms with Crippen molar-refractivity contribution in [3.8, 4) is 16.9 Å². The van der Waals surface area contributed by atoms with Crippen molar-refractivity contribution in [3.63, 3.8) is 0 Å². The van der Waals surface area contributed by atoms with Gasteiger partial charge in [-0.3, -0.25) is 0 Å². The molecular weight excluding hydrogens is 539 g/mol. The van der Waals surface area contributed by atoms with Gasteiger partial charge in [0.1, 0.15) is 18.5 Å². The number of aliphatic hydroxyl groups is 1. The minimum Gasteiger partial charge on any atom is -0.491 e. The molecule has 5 nitrogen and oxygen atoms in total. The quantitative estimate of drug-likeness (QED) is 0.208. The largest absolute Gasteiger partial charge is 0.491 e. The third kappa shape index (κ3) is 9.18. The minimum atomic E-state index is -5.08. The number of carbonyl (C=O) groups is 1. The predicted octanol–water partition coefficient (Wildman–Crippen LogP) is 6.82. The molecule has 2 atom stereocenters. The van der Waals surface area contributed by atoms with Crippen LogP contribution >= 0.6 is 22.9 Å². The maximum absolute atomic E-state index is 10.6. The van der Waals surface area contributed by atoms with Gasteiger partial charge in [-0.25, -0.2) is 4.79 Å². The number of rotatable bonds is 9. The van der Waals surface area contributed by atoms with Crippen molar-refractivity contribution >= 4 is 28.9 Å². The minimum absolute atomic E-state index is 0.00271. The molecule has 0 amide bonds. The van der Waals surface area contributed by atoms with Crippen LogP contribution in [-0.2, 0) is 4.79 Å². The van der Waals surface area contributed by atoms with E-state index in [1.165, 1.54) is 10.4 Å². The first-order valence-corrected chi connectivity index (χ1v) is 12.7. The molecule has 0 saturated carbocycles. The van der Waals surface area contributed by atoms with Crippen LogP contribution in [0.5, 0.6) is 5.75 Å². The maximum atomic E-state index is 10.6. The molecule has 3 aromatic carbocycles. The molecule has 0 aliphatic heterocycles. The van der Waals surface area contributed by atoms with Crippen molar-refractivity contribution in [2.24, 2.45) is 0 Å². The van der Waals surface area contributed by atoms with Gasteiger partial charge in [-0.05, 0) is 52.4 Å². The van der Waals surface area contributed by atoms with E-state index in [0.717, 1.165) is 16.9 Å². The van der Waals surface area contributed by atoms with E-state index in [0.29, 0.717) is 11.6 Å². The lowest BCUT2D eigenvalue weighted by molar-refractivity contribution is -0.192. The Morgan fingerprint density at radius 3 is 2.08 bits per heavy atom. The van der Waals surface area contributed by atoms with Crippen LogP contribution in [0.3, 0.4) is 0 Å². The number of halogens is 4. The third-order valence-electron chi connectivity index (χ3n) is 5.23. The molecule has 0 saturated heterocycles. The van der Waals surface area contributed by atoms with Crippen molar-refractivity contribution in [1.29, 1.82) is 0 Å². The zero-order valence-corrected chi connectivity index (χ0v) is 21.5. The van der Waals surface area contributed by atoms with Crippen molar-refractivity contribution in [3.05, 3.63) is 112 Å². The molecule has 3 N–H and O–H groups in total. The van der Waals surface area contributed by atoms with Gasteiger partial charge in [0.05, 0.1) is 6.04 Å². The second kappa shape index (κ2) is 14.0. The van der Waals surface area contributed by atoms with E-state index in [-0.39, 0.29) is 12.6 Å². The Morgan fingerprint density at radius 1 is 0.921 bits per heavy atom. The van der Waals surface area contributed by atoms with Gasteiger partial charge in [-0.2, -0.15) is 13.2 Å². The number of ether oxygens (including phenoxy) is 1. The number of carboxylic acid groups (broad SMARTS) is 1. The number of hydrogen-bond acceptors (Lipinski definition) is 5. The summed E-state index contributed by atoms with van der Waals surface area (Å²) in [6, 6.07) is 30.1. The third-order valence-corrected chi connectivity index (χ3v) is 6.42. The summed E-state index contributed by atoms with van der Waals surface area (Å²) >= 11 is 7.72. The fraction of sp³-hybridized carbons (Fsp3) is 0.179. The molecule has 0 radical (unpaired) electrons. The summed E-state index contributed by atoms with van der Waals surface area (Å²) in [6.45, 7) is 0.628. The van der Waals surface area contributed by atoms with E-state index in [1.807, 2.05) is 72.8 Å². The number of thiophene rings is 1. The Hall–Kier alpha value is -3.37. The van der Waals surface area contributed by atoms with Gasteiger partial charge in [0.2, 0.25) is 0 Å². The smallest absolute Gasteiger partial charge is 0.490 e. The molecule has 2 unspecified atom stereocenters. The fourth-order valence-electron chi connectivity index (χ4n) is 3.37. The highest BCUT2D eigenvalue weighted by Gasteiger charge is 2.38. The average molecular weight is 564 g/mol. The van der Waals surface area contributed by atoms with Crippen LogP contribution in [0.1, 0.15) is 16.5 Å². The van der Waals surface area contributed by atoms with Crippen molar-refractivity contribution < 1.29 is 32.9 Å². The lowest BCUT2D eigenvalue weighted by atomic mass is 10.1. The average Bonchev–Trinajstić information content (AvgIpc) is 3.44. The number of aliphatic hydroxyl groups excluding tert-OH is 1. The van der Waals surface area contributed by atoms with E-state index in [9.17, 15) is 18.3 Å². The number of hydrogen-bond donors (Lipinski definition) is 3. The molecule has 10 heteroatoms. The normalized spacial score (nSPS) is 12.7. The van der Waals surface area contributed by atoms with E-state index < -0.39 is 18.2 Å². The van der Waals surface area contributed by atoms with Gasteiger partial charge >= 0.3 is 12.1 Å². The van der Waals surface area contributed by atoms with Gasteiger partial charge in [0.15, 0.2) is 0 Å². The highest BCUT2D eigenvalue weighted by molar-refractivity contribution is 7.10. The van der Waals surface area contributed by atoms with Gasteiger partial charge in [0.25, 0.3) is 0 Å². The number of aliphatic carboxylic acids is 1. The number of benzene rings is 3. The Labute approximate surface area is 227 Å². The van der Waals surface area contributed by atoms with Gasteiger partial charge in [-0.1, -0.05) is 72.3 Å². The lowest BCUT2D eigenvalue weighted by Crippen LogP contribution is -2.34. The first-order chi connectivity index (χ1) is 18.1. The summed E-state index contributed by atoms with van der Waals surface area (Å²) in [6.07, 6.45) is -5.72. The SMILES string of the molecule is O=C(O)C(F)(F)F.OC(CNC(c1ccc(Cl)cc1)c1cccs1)COc1ccc(-c2ccccc2)cc1. The lowest BCUT2D eigenvalue weighted by Gasteiger charge is -2.21. The summed E-state index contributed by atoms with van der Waals surface area (Å²) in [5.41, 5.74) is 3.41. The van der Waals surface area contributed by atoms with Crippen LogP contribution in [0.4, 0.5) is 13.2 Å². The molecule has 1 aromatic heterocycles. The van der Waals surface area contributed by atoms with Crippen molar-refractivity contribution in [2.45, 2.75) is 18.3 Å². The van der Waals surface area contributed by atoms with Crippen LogP contribution in [0.2, 0.25) is 5.02 Å². The number of carboxylic acids is 1. The topological polar surface area (TPSA) is 78.8 Å². The van der Waals surface area contributed by atoms with E-state index in [4.69, 9.17) is 26.2 Å². The van der Waals surface area contributed by atoms with Crippen molar-refractivity contribution in [2.75, 3.05) is 13.2 Å². The van der Waals surface area contributed by atoms with E-state index in [1.54, 1.807) is 11.3 Å². The maximum Gasteiger partial charge on any atom is 0.490 e. The molecular formula is C28H25ClF3NO4S.